The van der Waals surface area contributed by atoms with E-state index in [0.717, 1.165) is 46.7 Å². The molecule has 162 valence electrons. The lowest BCUT2D eigenvalue weighted by molar-refractivity contribution is 0.0602. The van der Waals surface area contributed by atoms with Crippen LogP contribution >= 0.6 is 11.3 Å². The molecule has 1 saturated heterocycles. The lowest BCUT2D eigenvalue weighted by atomic mass is 10.2. The lowest BCUT2D eigenvalue weighted by Gasteiger charge is -2.35. The summed E-state index contributed by atoms with van der Waals surface area (Å²) in [5.74, 6) is 1.55. The highest BCUT2D eigenvalue weighted by Gasteiger charge is 2.34. The Labute approximate surface area is 184 Å². The molecule has 10 heteroatoms. The molecule has 0 amide bonds. The Kier molecular flexibility index (Phi) is 5.15. The Morgan fingerprint density at radius 2 is 1.84 bits per heavy atom. The van der Waals surface area contributed by atoms with E-state index in [-0.39, 0.29) is 9.77 Å². The van der Waals surface area contributed by atoms with Gasteiger partial charge < -0.3 is 9.64 Å². The molecular weight excluding hydrogens is 436 g/mol. The van der Waals surface area contributed by atoms with Crippen LogP contribution in [0, 0.1) is 0 Å². The molecule has 3 heterocycles. The first-order valence-electron chi connectivity index (χ1n) is 10.2. The van der Waals surface area contributed by atoms with Gasteiger partial charge in [-0.2, -0.15) is 4.31 Å². The normalized spacial score (nSPS) is 17.8. The molecule has 0 unspecified atom stereocenters. The molecule has 1 aromatic carbocycles. The third kappa shape index (κ3) is 3.68. The molecule has 2 aromatic heterocycles. The number of rotatable bonds is 5. The predicted octanol–water partition coefficient (Wildman–Crippen LogP) is 2.87. The molecule has 1 aliphatic heterocycles. The van der Waals surface area contributed by atoms with Gasteiger partial charge in [0, 0.05) is 37.5 Å². The molecule has 8 nitrogen and oxygen atoms in total. The van der Waals surface area contributed by atoms with E-state index >= 15 is 0 Å². The molecule has 0 N–H and O–H groups in total. The Hall–Kier alpha value is -2.56. The van der Waals surface area contributed by atoms with Crippen molar-refractivity contribution in [2.24, 2.45) is 0 Å². The molecule has 0 radical (unpaired) electrons. The molecule has 1 saturated carbocycles. The van der Waals surface area contributed by atoms with Crippen LogP contribution in [0.5, 0.6) is 0 Å². The zero-order chi connectivity index (χ0) is 21.6. The smallest absolute Gasteiger partial charge is 0.349 e. The fourth-order valence-electron chi connectivity index (χ4n) is 3.86. The number of nitrogens with zero attached hydrogens (tertiary/aromatic N) is 4. The number of benzene rings is 1. The average molecular weight is 459 g/mol. The standard InChI is InChI=1S/C21H22N4O4S2/c1-29-21(26)18-17(8-13-30-18)31(27,28)25-11-9-24(10-12-25)20-15-4-2-3-5-16(15)22-19(23-20)14-6-7-14/h2-5,8,13-14H,6-7,9-12H2,1H3. The second-order valence-corrected chi connectivity index (χ2v) is 10.5. The minimum atomic E-state index is -3.78. The van der Waals surface area contributed by atoms with Gasteiger partial charge in [-0.25, -0.2) is 23.2 Å². The van der Waals surface area contributed by atoms with E-state index in [0.29, 0.717) is 32.1 Å². The van der Waals surface area contributed by atoms with Crippen molar-refractivity contribution >= 4 is 44.1 Å². The number of piperazine rings is 1. The van der Waals surface area contributed by atoms with E-state index < -0.39 is 16.0 Å². The van der Waals surface area contributed by atoms with Crippen molar-refractivity contribution in [1.82, 2.24) is 14.3 Å². The number of fused-ring (bicyclic) bond motifs is 1. The first kappa shape index (κ1) is 20.3. The maximum atomic E-state index is 13.2. The number of carbonyl (C=O) groups is 1. The molecule has 3 aromatic rings. The number of anilines is 1. The van der Waals surface area contributed by atoms with Crippen molar-refractivity contribution in [2.45, 2.75) is 23.7 Å². The summed E-state index contributed by atoms with van der Waals surface area (Å²) >= 11 is 1.07. The summed E-state index contributed by atoms with van der Waals surface area (Å²) in [4.78, 5) is 23.8. The summed E-state index contributed by atoms with van der Waals surface area (Å²) in [5.41, 5.74) is 0.922. The van der Waals surface area contributed by atoms with Crippen molar-refractivity contribution in [3.63, 3.8) is 0 Å². The zero-order valence-electron chi connectivity index (χ0n) is 17.0. The van der Waals surface area contributed by atoms with Gasteiger partial charge in [0.15, 0.2) is 0 Å². The number of aromatic nitrogens is 2. The van der Waals surface area contributed by atoms with Gasteiger partial charge in [-0.05, 0) is 36.4 Å². The summed E-state index contributed by atoms with van der Waals surface area (Å²) < 4.78 is 32.5. The molecule has 31 heavy (non-hydrogen) atoms. The van der Waals surface area contributed by atoms with E-state index in [2.05, 4.69) is 4.90 Å². The lowest BCUT2D eigenvalue weighted by Crippen LogP contribution is -2.49. The van der Waals surface area contributed by atoms with Crippen molar-refractivity contribution in [3.05, 3.63) is 46.4 Å². The second kappa shape index (κ2) is 7.85. The maximum Gasteiger partial charge on any atom is 0.349 e. The van der Waals surface area contributed by atoms with Gasteiger partial charge in [-0.3, -0.25) is 0 Å². The third-order valence-corrected chi connectivity index (χ3v) is 8.66. The van der Waals surface area contributed by atoms with Crippen LogP contribution in [0.1, 0.15) is 34.3 Å². The van der Waals surface area contributed by atoms with Crippen molar-refractivity contribution in [1.29, 1.82) is 0 Å². The van der Waals surface area contributed by atoms with Gasteiger partial charge in [0.2, 0.25) is 10.0 Å². The second-order valence-electron chi connectivity index (χ2n) is 7.69. The molecule has 1 aliphatic carbocycles. The number of esters is 1. The number of thiophene rings is 1. The largest absolute Gasteiger partial charge is 0.465 e. The van der Waals surface area contributed by atoms with Gasteiger partial charge >= 0.3 is 5.97 Å². The predicted molar refractivity (Wildman–Crippen MR) is 118 cm³/mol. The topological polar surface area (TPSA) is 92.7 Å². The molecule has 0 bridgehead atoms. The highest BCUT2D eigenvalue weighted by atomic mass is 32.2. The highest BCUT2D eigenvalue weighted by molar-refractivity contribution is 7.89. The molecular formula is C21H22N4O4S2. The van der Waals surface area contributed by atoms with E-state index in [1.54, 1.807) is 5.38 Å². The fraction of sp³-hybridized carbons (Fsp3) is 0.381. The molecule has 5 rings (SSSR count). The number of methoxy groups -OCH3 is 1. The van der Waals surface area contributed by atoms with Crippen LogP contribution in [0.3, 0.4) is 0 Å². The number of hydrogen-bond donors (Lipinski definition) is 0. The molecule has 2 fully saturated rings. The van der Waals surface area contributed by atoms with Crippen LogP contribution in [0.2, 0.25) is 0 Å². The van der Waals surface area contributed by atoms with Gasteiger partial charge in [-0.1, -0.05) is 12.1 Å². The molecule has 0 spiro atoms. The molecule has 2 aliphatic rings. The third-order valence-electron chi connectivity index (χ3n) is 5.70. The van der Waals surface area contributed by atoms with Crippen LogP contribution in [-0.4, -0.2) is 61.9 Å². The van der Waals surface area contributed by atoms with Crippen molar-refractivity contribution in [3.8, 4) is 0 Å². The van der Waals surface area contributed by atoms with Gasteiger partial charge in [0.1, 0.15) is 21.4 Å². The Bertz CT molecular complexity index is 1250. The maximum absolute atomic E-state index is 13.2. The first-order valence-corrected chi connectivity index (χ1v) is 12.5. The SMILES string of the molecule is COC(=O)c1sccc1S(=O)(=O)N1CCN(c2nc(C3CC3)nc3ccccc23)CC1. The fourth-order valence-corrected chi connectivity index (χ4v) is 6.59. The van der Waals surface area contributed by atoms with E-state index in [9.17, 15) is 13.2 Å². The van der Waals surface area contributed by atoms with E-state index in [1.807, 2.05) is 24.3 Å². The van der Waals surface area contributed by atoms with Crippen LogP contribution in [-0.2, 0) is 14.8 Å². The van der Waals surface area contributed by atoms with Gasteiger partial charge in [-0.15, -0.1) is 11.3 Å². The van der Waals surface area contributed by atoms with Crippen LogP contribution in [0.25, 0.3) is 10.9 Å². The number of hydrogen-bond acceptors (Lipinski definition) is 8. The van der Waals surface area contributed by atoms with Crippen LogP contribution in [0.4, 0.5) is 5.82 Å². The Balaban J connectivity index is 1.40. The van der Waals surface area contributed by atoms with Crippen LogP contribution < -0.4 is 4.90 Å². The summed E-state index contributed by atoms with van der Waals surface area (Å²) in [6.07, 6.45) is 2.24. The average Bonchev–Trinajstić information content (AvgIpc) is 3.53. The minimum Gasteiger partial charge on any atom is -0.465 e. The number of para-hydroxylation sites is 1. The highest BCUT2D eigenvalue weighted by Crippen LogP contribution is 2.40. The Morgan fingerprint density at radius 1 is 1.10 bits per heavy atom. The van der Waals surface area contributed by atoms with Gasteiger partial charge in [0.25, 0.3) is 0 Å². The van der Waals surface area contributed by atoms with Gasteiger partial charge in [0.05, 0.1) is 12.6 Å². The summed E-state index contributed by atoms with van der Waals surface area (Å²) in [6, 6.07) is 9.42. The van der Waals surface area contributed by atoms with E-state index in [1.165, 1.54) is 17.5 Å². The quantitative estimate of drug-likeness (QED) is 0.543. The minimum absolute atomic E-state index is 0.0151. The number of sulfonamides is 1. The number of ether oxygens (including phenoxy) is 1. The Morgan fingerprint density at radius 3 is 2.55 bits per heavy atom. The summed E-state index contributed by atoms with van der Waals surface area (Å²) in [6.45, 7) is 1.66. The van der Waals surface area contributed by atoms with Crippen molar-refractivity contribution < 1.29 is 17.9 Å². The van der Waals surface area contributed by atoms with Crippen molar-refractivity contribution in [2.75, 3.05) is 38.2 Å². The zero-order valence-corrected chi connectivity index (χ0v) is 18.7. The number of carbonyl (C=O) groups excluding carboxylic acids is 1. The first-order chi connectivity index (χ1) is 15.0. The monoisotopic (exact) mass is 458 g/mol. The summed E-state index contributed by atoms with van der Waals surface area (Å²) in [7, 11) is -2.53. The van der Waals surface area contributed by atoms with Crippen LogP contribution in [0.15, 0.2) is 40.6 Å². The van der Waals surface area contributed by atoms with E-state index in [4.69, 9.17) is 14.7 Å². The molecule has 0 atom stereocenters. The summed E-state index contributed by atoms with van der Waals surface area (Å²) in [5, 5.41) is 2.58.